The molecule has 0 radical (unpaired) electrons. The van der Waals surface area contributed by atoms with Gasteiger partial charge in [-0.05, 0) is 55.9 Å². The fraction of sp³-hybridized carbons (Fsp3) is 0.435. The Balaban J connectivity index is 1.61. The summed E-state index contributed by atoms with van der Waals surface area (Å²) in [7, 11) is 4.22. The maximum absolute atomic E-state index is 6.14. The van der Waals surface area contributed by atoms with Crippen LogP contribution in [0.25, 0.3) is 0 Å². The van der Waals surface area contributed by atoms with Crippen LogP contribution in [0, 0.1) is 0 Å². The van der Waals surface area contributed by atoms with E-state index in [0.717, 1.165) is 66.8 Å². The molecule has 0 saturated carbocycles. The highest BCUT2D eigenvalue weighted by molar-refractivity contribution is 6.30. The van der Waals surface area contributed by atoms with Crippen LogP contribution in [0.4, 0.5) is 11.4 Å². The van der Waals surface area contributed by atoms with Crippen LogP contribution < -0.4 is 10.6 Å². The molecule has 5 nitrogen and oxygen atoms in total. The maximum Gasteiger partial charge on any atom is 0.127 e. The van der Waals surface area contributed by atoms with Crippen molar-refractivity contribution in [3.63, 3.8) is 0 Å². The number of benzene rings is 2. The highest BCUT2D eigenvalue weighted by atomic mass is 35.5. The number of likely N-dealkylation sites (N-methyl/N-ethyl adjacent to an activating group) is 1. The number of ether oxygens (including phenoxy) is 1. The lowest BCUT2D eigenvalue weighted by atomic mass is 9.85. The van der Waals surface area contributed by atoms with Crippen molar-refractivity contribution in [1.82, 2.24) is 4.90 Å². The van der Waals surface area contributed by atoms with Gasteiger partial charge in [0.15, 0.2) is 0 Å². The van der Waals surface area contributed by atoms with Gasteiger partial charge in [0.2, 0.25) is 0 Å². The molecule has 0 aliphatic carbocycles. The molecule has 0 amide bonds. The summed E-state index contributed by atoms with van der Waals surface area (Å²) in [5, 5.41) is 8.19. The molecule has 29 heavy (non-hydrogen) atoms. The van der Waals surface area contributed by atoms with Gasteiger partial charge in [-0.15, -0.1) is 0 Å². The normalized spacial score (nSPS) is 19.1. The Hall–Kier alpha value is -2.08. The van der Waals surface area contributed by atoms with Gasteiger partial charge >= 0.3 is 0 Å². The molecule has 0 unspecified atom stereocenters. The van der Waals surface area contributed by atoms with Crippen LogP contribution in [0.3, 0.4) is 0 Å². The summed E-state index contributed by atoms with van der Waals surface area (Å²) in [4.78, 5) is 7.19. The van der Waals surface area contributed by atoms with Crippen LogP contribution >= 0.6 is 11.6 Å². The molecular weight excluding hydrogens is 384 g/mol. The van der Waals surface area contributed by atoms with E-state index in [9.17, 15) is 0 Å². The van der Waals surface area contributed by atoms with Crippen LogP contribution in [0.15, 0.2) is 47.5 Å². The lowest BCUT2D eigenvalue weighted by Crippen LogP contribution is -2.55. The minimum absolute atomic E-state index is 0.204. The average Bonchev–Trinajstić information content (AvgIpc) is 2.71. The highest BCUT2D eigenvalue weighted by Gasteiger charge is 2.41. The van der Waals surface area contributed by atoms with E-state index in [-0.39, 0.29) is 5.54 Å². The number of amidine groups is 1. The molecule has 0 bridgehead atoms. The van der Waals surface area contributed by atoms with Gasteiger partial charge in [0, 0.05) is 37.6 Å². The van der Waals surface area contributed by atoms with Crippen molar-refractivity contribution in [2.45, 2.75) is 31.3 Å². The minimum Gasteiger partial charge on any atom is -0.381 e. The number of anilines is 2. The van der Waals surface area contributed by atoms with Gasteiger partial charge in [0.1, 0.15) is 5.84 Å². The molecule has 0 atom stereocenters. The number of nitrogens with one attached hydrogen (secondary N) is 2. The summed E-state index contributed by atoms with van der Waals surface area (Å²) in [5.74, 6) is 0.995. The standard InChI is InChI=1S/C23H29ClN4O/c1-28(2)11-8-17-6-7-20-21(15-17)27-23(9-12-29-13-10-23)22(26-20)25-16-18-4-3-5-19(24)14-18/h3-7,14-15,27H,8-13,16H2,1-2H3,(H,25,26). The number of nitrogens with zero attached hydrogens (tertiary/aromatic N) is 2. The first kappa shape index (κ1) is 20.2. The van der Waals surface area contributed by atoms with Gasteiger partial charge in [0.05, 0.1) is 23.5 Å². The van der Waals surface area contributed by atoms with Crippen LogP contribution in [0.2, 0.25) is 5.02 Å². The number of fused-ring (bicyclic) bond motifs is 1. The van der Waals surface area contributed by atoms with E-state index in [1.165, 1.54) is 5.56 Å². The number of hydrogen-bond donors (Lipinski definition) is 2. The predicted molar refractivity (Wildman–Crippen MR) is 121 cm³/mol. The maximum atomic E-state index is 6.14. The van der Waals surface area contributed by atoms with Gasteiger partial charge in [-0.2, -0.15) is 0 Å². The second-order valence-corrected chi connectivity index (χ2v) is 8.61. The Morgan fingerprint density at radius 2 is 1.90 bits per heavy atom. The number of halogens is 1. The van der Waals surface area contributed by atoms with Gasteiger partial charge in [-0.1, -0.05) is 29.8 Å². The first-order valence-corrected chi connectivity index (χ1v) is 10.6. The third kappa shape index (κ3) is 4.74. The first-order valence-electron chi connectivity index (χ1n) is 10.2. The average molecular weight is 413 g/mol. The van der Waals surface area contributed by atoms with E-state index >= 15 is 0 Å². The molecule has 0 aromatic heterocycles. The fourth-order valence-electron chi connectivity index (χ4n) is 3.95. The Labute approximate surface area is 178 Å². The SMILES string of the molecule is CN(C)CCc1ccc2c(c1)NC1(CCOCC1)C(=NCc1cccc(Cl)c1)N2. The van der Waals surface area contributed by atoms with Crippen molar-refractivity contribution in [3.05, 3.63) is 58.6 Å². The summed E-state index contributed by atoms with van der Waals surface area (Å²) in [5.41, 5.74) is 4.49. The zero-order valence-corrected chi connectivity index (χ0v) is 17.9. The van der Waals surface area contributed by atoms with E-state index in [1.54, 1.807) is 0 Å². The Morgan fingerprint density at radius 3 is 2.66 bits per heavy atom. The Morgan fingerprint density at radius 1 is 1.07 bits per heavy atom. The van der Waals surface area contributed by atoms with Gasteiger partial charge in [-0.3, -0.25) is 4.99 Å². The molecule has 2 aliphatic rings. The van der Waals surface area contributed by atoms with Crippen molar-refractivity contribution in [3.8, 4) is 0 Å². The van der Waals surface area contributed by atoms with Crippen molar-refractivity contribution >= 4 is 28.8 Å². The van der Waals surface area contributed by atoms with E-state index in [1.807, 2.05) is 18.2 Å². The molecule has 6 heteroatoms. The number of rotatable bonds is 5. The van der Waals surface area contributed by atoms with Gasteiger partial charge in [0.25, 0.3) is 0 Å². The smallest absolute Gasteiger partial charge is 0.127 e. The van der Waals surface area contributed by atoms with Crippen molar-refractivity contribution < 1.29 is 4.74 Å². The molecule has 1 spiro atoms. The predicted octanol–water partition coefficient (Wildman–Crippen LogP) is 4.43. The van der Waals surface area contributed by atoms with E-state index in [0.29, 0.717) is 6.54 Å². The fourth-order valence-corrected chi connectivity index (χ4v) is 4.17. The Kier molecular flexibility index (Phi) is 6.09. The summed E-state index contributed by atoms with van der Waals surface area (Å²) in [6.07, 6.45) is 2.83. The van der Waals surface area contributed by atoms with Crippen molar-refractivity contribution in [1.29, 1.82) is 0 Å². The summed E-state index contributed by atoms with van der Waals surface area (Å²) < 4.78 is 5.65. The second-order valence-electron chi connectivity index (χ2n) is 8.17. The second kappa shape index (κ2) is 8.74. The summed E-state index contributed by atoms with van der Waals surface area (Å²) >= 11 is 6.14. The third-order valence-electron chi connectivity index (χ3n) is 5.67. The van der Waals surface area contributed by atoms with E-state index in [2.05, 4.69) is 53.9 Å². The number of aliphatic imine (C=N–C) groups is 1. The number of hydrogen-bond acceptors (Lipinski definition) is 4. The highest BCUT2D eigenvalue weighted by Crippen LogP contribution is 2.37. The van der Waals surface area contributed by atoms with E-state index in [4.69, 9.17) is 21.3 Å². The molecule has 4 rings (SSSR count). The largest absolute Gasteiger partial charge is 0.381 e. The molecule has 2 heterocycles. The molecule has 2 N–H and O–H groups in total. The molecule has 2 aliphatic heterocycles. The molecular formula is C23H29ClN4O. The van der Waals surface area contributed by atoms with Crippen LogP contribution in [-0.4, -0.2) is 50.1 Å². The monoisotopic (exact) mass is 412 g/mol. The molecule has 2 aromatic carbocycles. The van der Waals surface area contributed by atoms with E-state index < -0.39 is 0 Å². The zero-order valence-electron chi connectivity index (χ0n) is 17.2. The zero-order chi connectivity index (χ0) is 20.3. The van der Waals surface area contributed by atoms with Crippen molar-refractivity contribution in [2.24, 2.45) is 4.99 Å². The third-order valence-corrected chi connectivity index (χ3v) is 5.90. The van der Waals surface area contributed by atoms with Crippen molar-refractivity contribution in [2.75, 3.05) is 44.5 Å². The lowest BCUT2D eigenvalue weighted by Gasteiger charge is -2.44. The minimum atomic E-state index is -0.204. The lowest BCUT2D eigenvalue weighted by molar-refractivity contribution is 0.0778. The molecule has 1 saturated heterocycles. The summed E-state index contributed by atoms with van der Waals surface area (Å²) in [6.45, 7) is 3.11. The first-order chi connectivity index (χ1) is 14.0. The van der Waals surface area contributed by atoms with Gasteiger partial charge in [-0.25, -0.2) is 0 Å². The van der Waals surface area contributed by atoms with Crippen LogP contribution in [0.5, 0.6) is 0 Å². The molecule has 1 fully saturated rings. The molecule has 2 aromatic rings. The molecule has 154 valence electrons. The van der Waals surface area contributed by atoms with Crippen LogP contribution in [0.1, 0.15) is 24.0 Å². The quantitative estimate of drug-likeness (QED) is 0.762. The topological polar surface area (TPSA) is 48.9 Å². The summed E-state index contributed by atoms with van der Waals surface area (Å²) in [6, 6.07) is 14.5. The Bertz CT molecular complexity index is 890. The van der Waals surface area contributed by atoms with Crippen LogP contribution in [-0.2, 0) is 17.7 Å². The van der Waals surface area contributed by atoms with Gasteiger partial charge < -0.3 is 20.3 Å².